The summed E-state index contributed by atoms with van der Waals surface area (Å²) in [5.74, 6) is 0.139. The van der Waals surface area contributed by atoms with Gasteiger partial charge in [-0.25, -0.2) is 4.39 Å². The van der Waals surface area contributed by atoms with E-state index in [-0.39, 0.29) is 11.8 Å². The van der Waals surface area contributed by atoms with E-state index in [0.717, 1.165) is 16.5 Å². The van der Waals surface area contributed by atoms with Gasteiger partial charge in [0.2, 0.25) is 0 Å². The minimum atomic E-state index is -0.421. The van der Waals surface area contributed by atoms with Gasteiger partial charge in [0, 0.05) is 10.5 Å². The largest absolute Gasteiger partial charge is 0.453 e. The highest BCUT2D eigenvalue weighted by Crippen LogP contribution is 2.33. The molecular formula is C16H16BrClFNO. The molecule has 0 radical (unpaired) electrons. The molecule has 1 unspecified atom stereocenters. The fraction of sp³-hybridized carbons (Fsp3) is 0.250. The molecule has 2 nitrogen and oxygen atoms in total. The SMILES string of the molecule is CCC(N)Cc1ccc(Oc2ccc(Br)cc2Cl)c(F)c1. The van der Waals surface area contributed by atoms with Crippen LogP contribution in [0.5, 0.6) is 11.5 Å². The second-order valence-electron chi connectivity index (χ2n) is 4.81. The molecule has 2 aromatic rings. The molecule has 0 fully saturated rings. The van der Waals surface area contributed by atoms with E-state index >= 15 is 0 Å². The van der Waals surface area contributed by atoms with Crippen LogP contribution >= 0.6 is 27.5 Å². The third kappa shape index (κ3) is 4.43. The van der Waals surface area contributed by atoms with Gasteiger partial charge in [0.15, 0.2) is 11.6 Å². The summed E-state index contributed by atoms with van der Waals surface area (Å²) in [7, 11) is 0. The molecule has 5 heteroatoms. The average molecular weight is 373 g/mol. The monoisotopic (exact) mass is 371 g/mol. The van der Waals surface area contributed by atoms with E-state index in [9.17, 15) is 4.39 Å². The zero-order valence-electron chi connectivity index (χ0n) is 11.6. The molecule has 0 aliphatic rings. The van der Waals surface area contributed by atoms with Crippen LogP contribution in [0.15, 0.2) is 40.9 Å². The topological polar surface area (TPSA) is 35.2 Å². The molecule has 2 N–H and O–H groups in total. The predicted molar refractivity (Wildman–Crippen MR) is 87.6 cm³/mol. The van der Waals surface area contributed by atoms with Crippen molar-refractivity contribution in [1.82, 2.24) is 0 Å². The van der Waals surface area contributed by atoms with Gasteiger partial charge >= 0.3 is 0 Å². The van der Waals surface area contributed by atoms with E-state index in [1.807, 2.05) is 13.0 Å². The van der Waals surface area contributed by atoms with Crippen LogP contribution in [0.25, 0.3) is 0 Å². The van der Waals surface area contributed by atoms with E-state index < -0.39 is 5.82 Å². The molecule has 2 aromatic carbocycles. The zero-order valence-corrected chi connectivity index (χ0v) is 13.9. The molecule has 0 amide bonds. The number of nitrogens with two attached hydrogens (primary N) is 1. The van der Waals surface area contributed by atoms with E-state index in [1.54, 1.807) is 24.3 Å². The molecule has 0 aromatic heterocycles. The van der Waals surface area contributed by atoms with Gasteiger partial charge in [-0.15, -0.1) is 0 Å². The van der Waals surface area contributed by atoms with Gasteiger partial charge in [0.1, 0.15) is 5.75 Å². The summed E-state index contributed by atoms with van der Waals surface area (Å²) in [4.78, 5) is 0. The molecular weight excluding hydrogens is 357 g/mol. The van der Waals surface area contributed by atoms with Gasteiger partial charge in [-0.05, 0) is 48.7 Å². The van der Waals surface area contributed by atoms with Crippen molar-refractivity contribution in [2.24, 2.45) is 5.73 Å². The Morgan fingerprint density at radius 3 is 2.57 bits per heavy atom. The van der Waals surface area contributed by atoms with E-state index in [4.69, 9.17) is 22.1 Å². The Hall–Kier alpha value is -1.10. The van der Waals surface area contributed by atoms with Gasteiger partial charge in [-0.2, -0.15) is 0 Å². The molecule has 0 bridgehead atoms. The van der Waals surface area contributed by atoms with Crippen molar-refractivity contribution in [2.75, 3.05) is 0 Å². The highest BCUT2D eigenvalue weighted by atomic mass is 79.9. The Morgan fingerprint density at radius 1 is 1.24 bits per heavy atom. The fourth-order valence-electron chi connectivity index (χ4n) is 1.88. The van der Waals surface area contributed by atoms with Crippen molar-refractivity contribution in [3.63, 3.8) is 0 Å². The van der Waals surface area contributed by atoms with Crippen LogP contribution in [0.1, 0.15) is 18.9 Å². The molecule has 0 saturated carbocycles. The lowest BCUT2D eigenvalue weighted by molar-refractivity contribution is 0.441. The normalized spacial score (nSPS) is 12.2. The van der Waals surface area contributed by atoms with Crippen LogP contribution in [0, 0.1) is 5.82 Å². The maximum absolute atomic E-state index is 14.1. The lowest BCUT2D eigenvalue weighted by Crippen LogP contribution is -2.21. The van der Waals surface area contributed by atoms with Crippen LogP contribution in [0.2, 0.25) is 5.02 Å². The molecule has 112 valence electrons. The highest BCUT2D eigenvalue weighted by Gasteiger charge is 2.10. The number of halogens is 3. The van der Waals surface area contributed by atoms with Crippen LogP contribution < -0.4 is 10.5 Å². The van der Waals surface area contributed by atoms with Crippen molar-refractivity contribution in [3.8, 4) is 11.5 Å². The predicted octanol–water partition coefficient (Wildman–Crippen LogP) is 5.31. The van der Waals surface area contributed by atoms with Gasteiger partial charge in [0.05, 0.1) is 5.02 Å². The molecule has 0 aliphatic heterocycles. The van der Waals surface area contributed by atoms with Gasteiger partial charge < -0.3 is 10.5 Å². The Labute approximate surface area is 137 Å². The third-order valence-electron chi connectivity index (χ3n) is 3.13. The first-order valence-corrected chi connectivity index (χ1v) is 7.83. The number of benzene rings is 2. The summed E-state index contributed by atoms with van der Waals surface area (Å²) in [5, 5.41) is 0.417. The maximum atomic E-state index is 14.1. The molecule has 0 saturated heterocycles. The number of ether oxygens (including phenoxy) is 1. The van der Waals surface area contributed by atoms with Crippen LogP contribution in [-0.4, -0.2) is 6.04 Å². The third-order valence-corrected chi connectivity index (χ3v) is 3.92. The summed E-state index contributed by atoms with van der Waals surface area (Å²) in [6.45, 7) is 2.01. The minimum Gasteiger partial charge on any atom is -0.453 e. The standard InChI is InChI=1S/C16H16BrClFNO/c1-2-12(20)7-10-3-5-16(14(19)8-10)21-15-6-4-11(17)9-13(15)18/h3-6,8-9,12H,2,7,20H2,1H3. The smallest absolute Gasteiger partial charge is 0.165 e. The number of rotatable bonds is 5. The molecule has 1 atom stereocenters. The minimum absolute atomic E-state index is 0.0390. The second kappa shape index (κ2) is 7.25. The summed E-state index contributed by atoms with van der Waals surface area (Å²) < 4.78 is 20.4. The zero-order chi connectivity index (χ0) is 15.4. The summed E-state index contributed by atoms with van der Waals surface area (Å²) in [5.41, 5.74) is 6.73. The first kappa shape index (κ1) is 16.3. The molecule has 0 spiro atoms. The quantitative estimate of drug-likeness (QED) is 0.771. The molecule has 2 rings (SSSR count). The Kier molecular flexibility index (Phi) is 5.62. The first-order chi connectivity index (χ1) is 9.99. The molecule has 0 heterocycles. The maximum Gasteiger partial charge on any atom is 0.165 e. The summed E-state index contributed by atoms with van der Waals surface area (Å²) >= 11 is 9.37. The highest BCUT2D eigenvalue weighted by molar-refractivity contribution is 9.10. The molecule has 0 aliphatic carbocycles. The van der Waals surface area contributed by atoms with Crippen LogP contribution in [0.3, 0.4) is 0 Å². The van der Waals surface area contributed by atoms with Crippen LogP contribution in [-0.2, 0) is 6.42 Å². The van der Waals surface area contributed by atoms with Gasteiger partial charge in [0.25, 0.3) is 0 Å². The van der Waals surface area contributed by atoms with E-state index in [1.165, 1.54) is 6.07 Å². The van der Waals surface area contributed by atoms with Gasteiger partial charge in [-0.3, -0.25) is 0 Å². The lowest BCUT2D eigenvalue weighted by atomic mass is 10.0. The van der Waals surface area contributed by atoms with Crippen molar-refractivity contribution >= 4 is 27.5 Å². The Bertz CT molecular complexity index is 636. The van der Waals surface area contributed by atoms with Crippen molar-refractivity contribution in [1.29, 1.82) is 0 Å². The van der Waals surface area contributed by atoms with Crippen molar-refractivity contribution < 1.29 is 9.13 Å². The summed E-state index contributed by atoms with van der Waals surface area (Å²) in [6.07, 6.45) is 1.50. The second-order valence-corrected chi connectivity index (χ2v) is 6.14. The van der Waals surface area contributed by atoms with Crippen molar-refractivity contribution in [2.45, 2.75) is 25.8 Å². The summed E-state index contributed by atoms with van der Waals surface area (Å²) in [6, 6.07) is 10.1. The Morgan fingerprint density at radius 2 is 1.95 bits per heavy atom. The Balaban J connectivity index is 2.17. The van der Waals surface area contributed by atoms with E-state index in [2.05, 4.69) is 15.9 Å². The van der Waals surface area contributed by atoms with Crippen LogP contribution in [0.4, 0.5) is 4.39 Å². The van der Waals surface area contributed by atoms with E-state index in [0.29, 0.717) is 17.2 Å². The average Bonchev–Trinajstić information content (AvgIpc) is 2.44. The fourth-order valence-corrected chi connectivity index (χ4v) is 2.59. The number of hydrogen-bond acceptors (Lipinski definition) is 2. The first-order valence-electron chi connectivity index (χ1n) is 6.66. The van der Waals surface area contributed by atoms with Gasteiger partial charge in [-0.1, -0.05) is 40.5 Å². The lowest BCUT2D eigenvalue weighted by Gasteiger charge is -2.12. The molecule has 21 heavy (non-hydrogen) atoms. The number of hydrogen-bond donors (Lipinski definition) is 1. The van der Waals surface area contributed by atoms with Crippen molar-refractivity contribution in [3.05, 3.63) is 57.3 Å².